The van der Waals surface area contributed by atoms with Gasteiger partial charge in [0.25, 0.3) is 0 Å². The molecule has 11 aromatic rings. The monoisotopic (exact) mass is 809 g/mol. The number of ether oxygens (including phenoxy) is 1. The van der Waals surface area contributed by atoms with E-state index in [2.05, 4.69) is 140 Å². The SMILES string of the molecule is C1=CC2Oc3c(-c4cc(-c5cccc6c5oc5ccccc56)cc5c4oc4cccc(-c6nc(-c7ccccc7)nc(-c7cccc(-c8ccccc8)c7)n6)c45)cccc3C2C=C1. The van der Waals surface area contributed by atoms with Crippen LogP contribution in [0.1, 0.15) is 11.5 Å². The molecule has 1 aliphatic carbocycles. The maximum atomic E-state index is 7.02. The van der Waals surface area contributed by atoms with Crippen molar-refractivity contribution in [3.05, 3.63) is 206 Å². The lowest BCUT2D eigenvalue weighted by Gasteiger charge is -2.14. The van der Waals surface area contributed by atoms with Crippen LogP contribution in [0.5, 0.6) is 5.75 Å². The minimum atomic E-state index is -0.0679. The molecule has 0 saturated carbocycles. The van der Waals surface area contributed by atoms with Gasteiger partial charge in [-0.05, 0) is 53.1 Å². The fourth-order valence-electron chi connectivity index (χ4n) is 9.53. The molecule has 1 aliphatic heterocycles. The van der Waals surface area contributed by atoms with Crippen LogP contribution >= 0.6 is 0 Å². The van der Waals surface area contributed by atoms with E-state index in [1.165, 1.54) is 0 Å². The second-order valence-corrected chi connectivity index (χ2v) is 16.2. The lowest BCUT2D eigenvalue weighted by atomic mass is 9.89. The molecule has 0 saturated heterocycles. The molecule has 296 valence electrons. The average Bonchev–Trinajstić information content (AvgIpc) is 4.06. The van der Waals surface area contributed by atoms with Crippen molar-refractivity contribution in [1.29, 1.82) is 0 Å². The molecule has 2 unspecified atom stereocenters. The van der Waals surface area contributed by atoms with Gasteiger partial charge in [0.15, 0.2) is 17.5 Å². The number of hydrogen-bond acceptors (Lipinski definition) is 6. The normalized spacial score (nSPS) is 15.3. The molecule has 0 N–H and O–H groups in total. The largest absolute Gasteiger partial charge is 0.484 e. The summed E-state index contributed by atoms with van der Waals surface area (Å²) in [5, 5.41) is 3.99. The molecule has 8 aromatic carbocycles. The van der Waals surface area contributed by atoms with Crippen molar-refractivity contribution in [3.63, 3.8) is 0 Å². The molecule has 6 heteroatoms. The first-order valence-corrected chi connectivity index (χ1v) is 21.2. The van der Waals surface area contributed by atoms with E-state index >= 15 is 0 Å². The first kappa shape index (κ1) is 35.4. The Morgan fingerprint density at radius 2 is 1.00 bits per heavy atom. The summed E-state index contributed by atoms with van der Waals surface area (Å²) in [5.74, 6) is 2.73. The number of para-hydroxylation sites is 3. The Morgan fingerprint density at radius 1 is 0.381 bits per heavy atom. The van der Waals surface area contributed by atoms with E-state index in [0.29, 0.717) is 17.5 Å². The molecular formula is C57H35N3O3. The highest BCUT2D eigenvalue weighted by atomic mass is 16.5. The fraction of sp³-hybridized carbons (Fsp3) is 0.0351. The van der Waals surface area contributed by atoms with Gasteiger partial charge in [0.1, 0.15) is 34.2 Å². The molecule has 63 heavy (non-hydrogen) atoms. The maximum Gasteiger partial charge on any atom is 0.164 e. The van der Waals surface area contributed by atoms with Crippen LogP contribution in [0.2, 0.25) is 0 Å². The summed E-state index contributed by atoms with van der Waals surface area (Å²) < 4.78 is 20.5. The van der Waals surface area contributed by atoms with Crippen LogP contribution in [0.25, 0.3) is 111 Å². The van der Waals surface area contributed by atoms with Crippen LogP contribution in [-0.2, 0) is 0 Å². The minimum Gasteiger partial charge on any atom is -0.484 e. The number of nitrogens with zero attached hydrogens (tertiary/aromatic N) is 3. The summed E-state index contributed by atoms with van der Waals surface area (Å²) in [6.45, 7) is 0. The quantitative estimate of drug-likeness (QED) is 0.167. The van der Waals surface area contributed by atoms with Crippen LogP contribution in [0.15, 0.2) is 209 Å². The topological polar surface area (TPSA) is 74.2 Å². The number of aromatic nitrogens is 3. The molecule has 0 fully saturated rings. The number of furan rings is 2. The van der Waals surface area contributed by atoms with Gasteiger partial charge in [-0.1, -0.05) is 164 Å². The van der Waals surface area contributed by atoms with Gasteiger partial charge in [-0.15, -0.1) is 0 Å². The van der Waals surface area contributed by atoms with E-state index in [0.717, 1.165) is 105 Å². The predicted octanol–water partition coefficient (Wildman–Crippen LogP) is 14.6. The predicted molar refractivity (Wildman–Crippen MR) is 252 cm³/mol. The summed E-state index contributed by atoms with van der Waals surface area (Å²) in [5.41, 5.74) is 13.1. The number of rotatable bonds is 6. The molecule has 3 aromatic heterocycles. The molecule has 13 rings (SSSR count). The Morgan fingerprint density at radius 3 is 1.89 bits per heavy atom. The van der Waals surface area contributed by atoms with Crippen molar-refractivity contribution in [1.82, 2.24) is 15.0 Å². The molecule has 2 atom stereocenters. The standard InChI is InChI=1S/C57H35N3O3/c1-3-15-34(16-4-1)36-19-11-20-37(31-36)56-58-55(35-17-5-2-6-18-35)59-57(60-56)45-27-14-30-50-51(45)47-33-38(39-23-12-24-42-40-21-7-9-28-48(40)61-52(39)42)32-46(54(47)63-50)44-26-13-25-43-41-22-8-10-29-49(41)62-53(43)44/h1-33,41,49H. The van der Waals surface area contributed by atoms with Crippen molar-refractivity contribution in [2.75, 3.05) is 0 Å². The highest BCUT2D eigenvalue weighted by Gasteiger charge is 2.35. The second-order valence-electron chi connectivity index (χ2n) is 16.2. The first-order valence-electron chi connectivity index (χ1n) is 21.2. The lowest BCUT2D eigenvalue weighted by Crippen LogP contribution is -2.15. The molecular weight excluding hydrogens is 775 g/mol. The van der Waals surface area contributed by atoms with E-state index in [-0.39, 0.29) is 12.0 Å². The zero-order chi connectivity index (χ0) is 41.4. The van der Waals surface area contributed by atoms with Gasteiger partial charge in [-0.25, -0.2) is 15.0 Å². The average molecular weight is 810 g/mol. The third-order valence-corrected chi connectivity index (χ3v) is 12.5. The molecule has 0 spiro atoms. The summed E-state index contributed by atoms with van der Waals surface area (Å²) in [6.07, 6.45) is 8.47. The van der Waals surface area contributed by atoms with E-state index < -0.39 is 0 Å². The van der Waals surface area contributed by atoms with Gasteiger partial charge in [-0.2, -0.15) is 0 Å². The number of allylic oxidation sites excluding steroid dienone is 2. The molecule has 2 aliphatic rings. The molecule has 0 radical (unpaired) electrons. The summed E-state index contributed by atoms with van der Waals surface area (Å²) in [4.78, 5) is 15.6. The first-order chi connectivity index (χ1) is 31.2. The van der Waals surface area contributed by atoms with Gasteiger partial charge in [0, 0.05) is 66.4 Å². The van der Waals surface area contributed by atoms with Gasteiger partial charge >= 0.3 is 0 Å². The number of benzene rings is 8. The lowest BCUT2D eigenvalue weighted by molar-refractivity contribution is 0.270. The van der Waals surface area contributed by atoms with Gasteiger partial charge < -0.3 is 13.6 Å². The Hall–Kier alpha value is -8.35. The Labute approximate surface area is 362 Å². The van der Waals surface area contributed by atoms with Gasteiger partial charge in [0.05, 0.1) is 0 Å². The summed E-state index contributed by atoms with van der Waals surface area (Å²) in [7, 11) is 0. The molecule has 4 heterocycles. The summed E-state index contributed by atoms with van der Waals surface area (Å²) >= 11 is 0. The number of fused-ring (bicyclic) bond motifs is 9. The Balaban J connectivity index is 1.08. The van der Waals surface area contributed by atoms with Crippen LogP contribution < -0.4 is 4.74 Å². The van der Waals surface area contributed by atoms with E-state index in [9.17, 15) is 0 Å². The highest BCUT2D eigenvalue weighted by molar-refractivity contribution is 6.18. The smallest absolute Gasteiger partial charge is 0.164 e. The zero-order valence-electron chi connectivity index (χ0n) is 33.8. The minimum absolute atomic E-state index is 0.0679. The van der Waals surface area contributed by atoms with Crippen molar-refractivity contribution < 1.29 is 13.6 Å². The molecule has 0 amide bonds. The Bertz CT molecular complexity index is 3680. The third-order valence-electron chi connectivity index (χ3n) is 12.5. The van der Waals surface area contributed by atoms with Crippen molar-refractivity contribution in [3.8, 4) is 73.3 Å². The van der Waals surface area contributed by atoms with E-state index in [1.807, 2.05) is 60.7 Å². The fourth-order valence-corrected chi connectivity index (χ4v) is 9.53. The third kappa shape index (κ3) is 5.76. The Kier molecular flexibility index (Phi) is 7.93. The second kappa shape index (κ2) is 14.1. The van der Waals surface area contributed by atoms with E-state index in [4.69, 9.17) is 28.5 Å². The number of hydrogen-bond donors (Lipinski definition) is 0. The highest BCUT2D eigenvalue weighted by Crippen LogP contribution is 2.51. The maximum absolute atomic E-state index is 7.02. The van der Waals surface area contributed by atoms with Crippen LogP contribution in [0, 0.1) is 0 Å². The van der Waals surface area contributed by atoms with Crippen LogP contribution in [0.4, 0.5) is 0 Å². The van der Waals surface area contributed by atoms with Crippen LogP contribution in [0.3, 0.4) is 0 Å². The molecule has 6 nitrogen and oxygen atoms in total. The van der Waals surface area contributed by atoms with Crippen molar-refractivity contribution in [2.45, 2.75) is 12.0 Å². The van der Waals surface area contributed by atoms with E-state index in [1.54, 1.807) is 0 Å². The van der Waals surface area contributed by atoms with Crippen molar-refractivity contribution in [2.24, 2.45) is 0 Å². The van der Waals surface area contributed by atoms with Crippen molar-refractivity contribution >= 4 is 43.9 Å². The molecule has 0 bridgehead atoms. The van der Waals surface area contributed by atoms with Crippen LogP contribution in [-0.4, -0.2) is 21.1 Å². The van der Waals surface area contributed by atoms with Gasteiger partial charge in [-0.3, -0.25) is 0 Å². The zero-order valence-corrected chi connectivity index (χ0v) is 33.8. The summed E-state index contributed by atoms with van der Waals surface area (Å²) in [6, 6.07) is 60.5. The van der Waals surface area contributed by atoms with Gasteiger partial charge in [0.2, 0.25) is 0 Å².